The first kappa shape index (κ1) is 13.3. The lowest BCUT2D eigenvalue weighted by molar-refractivity contribution is -0.0793. The molecule has 2 N–H and O–H groups in total. The van der Waals surface area contributed by atoms with Gasteiger partial charge in [0.1, 0.15) is 0 Å². The summed E-state index contributed by atoms with van der Waals surface area (Å²) in [6.07, 6.45) is 3.95. The van der Waals surface area contributed by atoms with Crippen LogP contribution in [0.2, 0.25) is 0 Å². The zero-order valence-electron chi connectivity index (χ0n) is 9.51. The van der Waals surface area contributed by atoms with Gasteiger partial charge in [-0.25, -0.2) is 4.79 Å². The van der Waals surface area contributed by atoms with Gasteiger partial charge in [0.25, 0.3) is 5.56 Å². The van der Waals surface area contributed by atoms with Gasteiger partial charge < -0.3 is 9.84 Å². The van der Waals surface area contributed by atoms with E-state index in [4.69, 9.17) is 9.84 Å². The number of nitrogens with one attached hydrogen (secondary N) is 1. The van der Waals surface area contributed by atoms with Crippen molar-refractivity contribution in [2.45, 2.75) is 24.7 Å². The number of nitrogens with zero attached hydrogens (tertiary/aromatic N) is 1. The maximum atomic E-state index is 11.8. The van der Waals surface area contributed by atoms with Crippen LogP contribution >= 0.6 is 15.9 Å². The average molecular weight is 317 g/mol. The third-order valence-electron chi connectivity index (χ3n) is 2.95. The lowest BCUT2D eigenvalue weighted by atomic mass is 10.1. The van der Waals surface area contributed by atoms with Crippen LogP contribution in [0.1, 0.15) is 12.8 Å². The molecule has 18 heavy (non-hydrogen) atoms. The second kappa shape index (κ2) is 5.21. The van der Waals surface area contributed by atoms with Crippen molar-refractivity contribution in [3.05, 3.63) is 44.2 Å². The second-order valence-corrected chi connectivity index (χ2v) is 4.61. The third-order valence-corrected chi connectivity index (χ3v) is 3.22. The van der Waals surface area contributed by atoms with Gasteiger partial charge in [0.2, 0.25) is 0 Å². The maximum absolute atomic E-state index is 11.8. The van der Waals surface area contributed by atoms with E-state index in [0.717, 1.165) is 0 Å². The summed E-state index contributed by atoms with van der Waals surface area (Å²) in [7, 11) is 0. The molecule has 2 rings (SSSR count). The van der Waals surface area contributed by atoms with Gasteiger partial charge in [-0.3, -0.25) is 14.3 Å². The molecule has 1 aromatic rings. The van der Waals surface area contributed by atoms with Crippen LogP contribution in [0, 0.1) is 0 Å². The summed E-state index contributed by atoms with van der Waals surface area (Å²) in [5.41, 5.74) is -1.95. The van der Waals surface area contributed by atoms with Crippen molar-refractivity contribution < 1.29 is 9.84 Å². The Morgan fingerprint density at radius 3 is 3.00 bits per heavy atom. The Morgan fingerprint density at radius 1 is 1.67 bits per heavy atom. The van der Waals surface area contributed by atoms with Crippen LogP contribution in [-0.4, -0.2) is 27.4 Å². The number of rotatable bonds is 3. The average Bonchev–Trinajstić information content (AvgIpc) is 2.74. The molecule has 0 radical (unpaired) electrons. The van der Waals surface area contributed by atoms with E-state index in [9.17, 15) is 9.59 Å². The van der Waals surface area contributed by atoms with Crippen molar-refractivity contribution >= 4 is 15.9 Å². The number of hydrogen-bond acceptors (Lipinski definition) is 4. The predicted octanol–water partition coefficient (Wildman–Crippen LogP) is 0.269. The van der Waals surface area contributed by atoms with Crippen LogP contribution in [0.4, 0.5) is 0 Å². The minimum absolute atomic E-state index is 0.101. The highest BCUT2D eigenvalue weighted by atomic mass is 79.9. The Bertz CT molecular complexity index is 565. The van der Waals surface area contributed by atoms with E-state index in [1.165, 1.54) is 16.8 Å². The molecule has 1 fully saturated rings. The van der Waals surface area contributed by atoms with Gasteiger partial charge in [-0.05, 0) is 17.5 Å². The predicted molar refractivity (Wildman–Crippen MR) is 68.6 cm³/mol. The first-order valence-corrected chi connectivity index (χ1v) is 6.42. The fourth-order valence-corrected chi connectivity index (χ4v) is 2.51. The van der Waals surface area contributed by atoms with E-state index in [0.29, 0.717) is 12.8 Å². The summed E-state index contributed by atoms with van der Waals surface area (Å²) in [5.74, 6) is 0. The molecule has 98 valence electrons. The summed E-state index contributed by atoms with van der Waals surface area (Å²) >= 11 is 3.16. The number of halogens is 1. The van der Waals surface area contributed by atoms with E-state index in [2.05, 4.69) is 20.9 Å². The quantitative estimate of drug-likeness (QED) is 0.838. The number of hydrogen-bond donors (Lipinski definition) is 2. The van der Waals surface area contributed by atoms with Gasteiger partial charge >= 0.3 is 5.69 Å². The minimum atomic E-state index is -0.960. The number of aliphatic hydroxyl groups is 1. The Morgan fingerprint density at radius 2 is 2.44 bits per heavy atom. The molecule has 6 nitrogen and oxygen atoms in total. The Labute approximate surface area is 111 Å². The summed E-state index contributed by atoms with van der Waals surface area (Å²) in [6, 6.07) is 1.26. The molecule has 0 unspecified atom stereocenters. The van der Waals surface area contributed by atoms with Crippen LogP contribution in [-0.2, 0) is 10.5 Å². The van der Waals surface area contributed by atoms with Crippen LogP contribution in [0.15, 0.2) is 32.9 Å². The summed E-state index contributed by atoms with van der Waals surface area (Å²) in [4.78, 5) is 26.7. The number of H-pyrrole nitrogens is 1. The highest BCUT2D eigenvalue weighted by Gasteiger charge is 2.40. The van der Waals surface area contributed by atoms with Crippen LogP contribution in [0.5, 0.6) is 0 Å². The SMILES string of the molecule is O=c1ccn([C@@]2(/C=C/Br)CC[C@@H](CO)O2)c(=O)[nH]1. The molecule has 1 aliphatic heterocycles. The van der Waals surface area contributed by atoms with Crippen LogP contribution in [0.3, 0.4) is 0 Å². The first-order valence-electron chi connectivity index (χ1n) is 5.50. The molecule has 7 heteroatoms. The Kier molecular flexibility index (Phi) is 3.84. The number of ether oxygens (including phenoxy) is 1. The molecule has 0 bridgehead atoms. The summed E-state index contributed by atoms with van der Waals surface area (Å²) in [6.45, 7) is -0.101. The van der Waals surface area contributed by atoms with Gasteiger partial charge in [-0.15, -0.1) is 0 Å². The molecule has 0 spiro atoms. The van der Waals surface area contributed by atoms with Crippen LogP contribution in [0.25, 0.3) is 0 Å². The summed E-state index contributed by atoms with van der Waals surface area (Å²) < 4.78 is 7.04. The van der Waals surface area contributed by atoms with Gasteiger partial charge in [0.15, 0.2) is 5.72 Å². The third kappa shape index (κ3) is 2.33. The van der Waals surface area contributed by atoms with Crippen molar-refractivity contribution in [1.29, 1.82) is 0 Å². The second-order valence-electron chi connectivity index (χ2n) is 4.08. The van der Waals surface area contributed by atoms with Crippen molar-refractivity contribution in [3.8, 4) is 0 Å². The van der Waals surface area contributed by atoms with E-state index >= 15 is 0 Å². The van der Waals surface area contributed by atoms with E-state index in [1.807, 2.05) is 0 Å². The molecular formula is C11H13BrN2O4. The normalized spacial score (nSPS) is 28.0. The lowest BCUT2D eigenvalue weighted by Gasteiger charge is -2.27. The molecule has 0 aliphatic carbocycles. The van der Waals surface area contributed by atoms with Crippen molar-refractivity contribution in [3.63, 3.8) is 0 Å². The number of aliphatic hydroxyl groups excluding tert-OH is 1. The largest absolute Gasteiger partial charge is 0.394 e. The molecule has 1 saturated heterocycles. The van der Waals surface area contributed by atoms with Gasteiger partial charge in [0.05, 0.1) is 12.7 Å². The Hall–Kier alpha value is -1.18. The molecule has 1 aromatic heterocycles. The lowest BCUT2D eigenvalue weighted by Crippen LogP contribution is -2.42. The fraction of sp³-hybridized carbons (Fsp3) is 0.455. The molecular weight excluding hydrogens is 304 g/mol. The van der Waals surface area contributed by atoms with Gasteiger partial charge in [-0.1, -0.05) is 15.9 Å². The topological polar surface area (TPSA) is 84.3 Å². The standard InChI is InChI=1S/C11H13BrN2O4/c12-5-4-11(3-1-8(7-15)18-11)14-6-2-9(16)13-10(14)17/h2,4-6,8,15H,1,3,7H2,(H,13,16,17)/b5-4+/t8-,11-/m0/s1. The highest BCUT2D eigenvalue weighted by Crippen LogP contribution is 2.35. The van der Waals surface area contributed by atoms with Crippen molar-refractivity contribution in [2.24, 2.45) is 0 Å². The minimum Gasteiger partial charge on any atom is -0.394 e. The molecule has 2 atom stereocenters. The van der Waals surface area contributed by atoms with Gasteiger partial charge in [0, 0.05) is 18.7 Å². The van der Waals surface area contributed by atoms with E-state index in [-0.39, 0.29) is 12.7 Å². The summed E-state index contributed by atoms with van der Waals surface area (Å²) in [5, 5.41) is 9.12. The molecule has 0 saturated carbocycles. The first-order chi connectivity index (χ1) is 8.61. The number of aromatic nitrogens is 2. The zero-order valence-corrected chi connectivity index (χ0v) is 11.1. The van der Waals surface area contributed by atoms with Gasteiger partial charge in [-0.2, -0.15) is 0 Å². The fourth-order valence-electron chi connectivity index (χ4n) is 2.10. The smallest absolute Gasteiger partial charge is 0.330 e. The maximum Gasteiger partial charge on any atom is 0.330 e. The monoisotopic (exact) mass is 316 g/mol. The number of aromatic amines is 1. The Balaban J connectivity index is 2.49. The zero-order chi connectivity index (χ0) is 13.2. The highest BCUT2D eigenvalue weighted by molar-refractivity contribution is 9.11. The molecule has 1 aliphatic rings. The van der Waals surface area contributed by atoms with E-state index in [1.54, 1.807) is 11.1 Å². The van der Waals surface area contributed by atoms with Crippen molar-refractivity contribution in [2.75, 3.05) is 6.61 Å². The van der Waals surface area contributed by atoms with Crippen LogP contribution < -0.4 is 11.2 Å². The molecule has 0 amide bonds. The molecule has 2 heterocycles. The van der Waals surface area contributed by atoms with Crippen molar-refractivity contribution in [1.82, 2.24) is 9.55 Å². The van der Waals surface area contributed by atoms with E-state index < -0.39 is 17.0 Å². The molecule has 0 aromatic carbocycles.